The second-order valence-electron chi connectivity index (χ2n) is 6.15. The molecule has 22 heavy (non-hydrogen) atoms. The highest BCUT2D eigenvalue weighted by atomic mass is 35.5. The molecule has 122 valence electrons. The maximum atomic E-state index is 9.62. The van der Waals surface area contributed by atoms with E-state index in [0.29, 0.717) is 16.0 Å². The smallest absolute Gasteiger partial charge is 0.137 e. The van der Waals surface area contributed by atoms with Gasteiger partial charge in [-0.15, -0.1) is 0 Å². The number of hydrogen-bond donors (Lipinski definition) is 2. The van der Waals surface area contributed by atoms with Crippen LogP contribution in [0.2, 0.25) is 5.02 Å². The van der Waals surface area contributed by atoms with E-state index >= 15 is 0 Å². The van der Waals surface area contributed by atoms with Crippen LogP contribution in [0.15, 0.2) is 35.4 Å². The van der Waals surface area contributed by atoms with Gasteiger partial charge in [0, 0.05) is 11.0 Å². The van der Waals surface area contributed by atoms with Crippen molar-refractivity contribution in [1.29, 1.82) is 0 Å². The summed E-state index contributed by atoms with van der Waals surface area (Å²) in [5, 5.41) is 20.4. The van der Waals surface area contributed by atoms with Gasteiger partial charge in [0.05, 0.1) is 10.6 Å². The summed E-state index contributed by atoms with van der Waals surface area (Å²) in [4.78, 5) is 0. The van der Waals surface area contributed by atoms with Crippen LogP contribution in [0.5, 0.6) is 5.75 Å². The van der Waals surface area contributed by atoms with Crippen LogP contribution in [-0.4, -0.2) is 15.8 Å². The molecule has 0 radical (unpaired) electrons. The Morgan fingerprint density at radius 2 is 1.82 bits per heavy atom. The Morgan fingerprint density at radius 1 is 1.23 bits per heavy atom. The molecule has 0 heterocycles. The Balaban J connectivity index is 0.000000224. The number of benzene rings is 1. The number of phenols is 1. The lowest BCUT2D eigenvalue weighted by atomic mass is 9.87. The van der Waals surface area contributed by atoms with Crippen LogP contribution in [0, 0.1) is 12.8 Å². The second kappa shape index (κ2) is 7.54. The van der Waals surface area contributed by atoms with Crippen LogP contribution in [0.1, 0.15) is 44.7 Å². The Bertz CT molecular complexity index is 587. The van der Waals surface area contributed by atoms with Crippen molar-refractivity contribution in [2.24, 2.45) is 5.92 Å². The third kappa shape index (κ3) is 4.52. The van der Waals surface area contributed by atoms with E-state index in [2.05, 4.69) is 0 Å². The van der Waals surface area contributed by atoms with Crippen LogP contribution in [-0.2, 0) is 0 Å². The van der Waals surface area contributed by atoms with E-state index in [0.717, 1.165) is 11.1 Å². The fourth-order valence-electron chi connectivity index (χ4n) is 2.05. The normalized spacial score (nSPS) is 23.9. The molecule has 1 aromatic rings. The van der Waals surface area contributed by atoms with Crippen molar-refractivity contribution >= 4 is 23.2 Å². The van der Waals surface area contributed by atoms with Crippen LogP contribution in [0.3, 0.4) is 0 Å². The minimum absolute atomic E-state index is 0.0131. The summed E-state index contributed by atoms with van der Waals surface area (Å²) in [5.74, 6) is 0.550. The van der Waals surface area contributed by atoms with Crippen LogP contribution in [0.25, 0.3) is 0 Å². The van der Waals surface area contributed by atoms with Crippen LogP contribution in [0.4, 0.5) is 0 Å². The fourth-order valence-corrected chi connectivity index (χ4v) is 2.51. The van der Waals surface area contributed by atoms with E-state index in [-0.39, 0.29) is 11.7 Å². The summed E-state index contributed by atoms with van der Waals surface area (Å²) < 4.78 is 0. The van der Waals surface area contributed by atoms with Gasteiger partial charge in [-0.2, -0.15) is 0 Å². The minimum atomic E-state index is -0.772. The van der Waals surface area contributed by atoms with E-state index < -0.39 is 5.60 Å². The average molecular weight is 343 g/mol. The molecule has 0 aliphatic heterocycles. The molecule has 1 aromatic carbocycles. The molecular formula is C18H24Cl2O2. The minimum Gasteiger partial charge on any atom is -0.506 e. The van der Waals surface area contributed by atoms with Crippen molar-refractivity contribution in [2.45, 2.75) is 46.1 Å². The van der Waals surface area contributed by atoms with Gasteiger partial charge in [-0.25, -0.2) is 0 Å². The van der Waals surface area contributed by atoms with Gasteiger partial charge in [-0.05, 0) is 37.0 Å². The Kier molecular flexibility index (Phi) is 6.54. The van der Waals surface area contributed by atoms with Crippen molar-refractivity contribution in [2.75, 3.05) is 0 Å². The van der Waals surface area contributed by atoms with E-state index in [1.165, 1.54) is 0 Å². The number of allylic oxidation sites excluding steroid dienone is 2. The van der Waals surface area contributed by atoms with E-state index in [4.69, 9.17) is 23.2 Å². The maximum absolute atomic E-state index is 9.62. The van der Waals surface area contributed by atoms with Crippen molar-refractivity contribution < 1.29 is 10.2 Å². The summed E-state index contributed by atoms with van der Waals surface area (Å²) in [5.41, 5.74) is 1.05. The lowest BCUT2D eigenvalue weighted by molar-refractivity contribution is 0.0711. The van der Waals surface area contributed by atoms with Crippen LogP contribution >= 0.6 is 23.2 Å². The van der Waals surface area contributed by atoms with Gasteiger partial charge in [0.2, 0.25) is 0 Å². The topological polar surface area (TPSA) is 40.5 Å². The third-order valence-electron chi connectivity index (χ3n) is 3.94. The summed E-state index contributed by atoms with van der Waals surface area (Å²) in [6.45, 7) is 9.60. The predicted octanol–water partition coefficient (Wildman–Crippen LogP) is 5.54. The molecule has 0 saturated carbocycles. The molecule has 0 fully saturated rings. The van der Waals surface area contributed by atoms with Gasteiger partial charge in [0.1, 0.15) is 5.75 Å². The van der Waals surface area contributed by atoms with Crippen molar-refractivity contribution in [1.82, 2.24) is 0 Å². The van der Waals surface area contributed by atoms with Gasteiger partial charge in [-0.3, -0.25) is 0 Å². The van der Waals surface area contributed by atoms with E-state index in [1.54, 1.807) is 19.1 Å². The molecular weight excluding hydrogens is 319 g/mol. The summed E-state index contributed by atoms with van der Waals surface area (Å²) in [6, 6.07) is 3.85. The standard InChI is InChI=1S/C10H13ClO.C8H11ClO/c1-6(2)8-5-4-7(3)9(11)10(8)12;1-6-7(9)4-3-5-8(6,2)10/h4-6,12H,1-3H3;3-6,10H,1-2H3. The number of aliphatic hydroxyl groups is 1. The predicted molar refractivity (Wildman–Crippen MR) is 94.8 cm³/mol. The average Bonchev–Trinajstić information content (AvgIpc) is 2.42. The first-order valence-electron chi connectivity index (χ1n) is 7.33. The molecule has 2 N–H and O–H groups in total. The summed E-state index contributed by atoms with van der Waals surface area (Å²) >= 11 is 11.7. The molecule has 2 unspecified atom stereocenters. The number of aryl methyl sites for hydroxylation is 1. The third-order valence-corrected chi connectivity index (χ3v) is 4.87. The first-order chi connectivity index (χ1) is 10.1. The van der Waals surface area contributed by atoms with E-state index in [9.17, 15) is 10.2 Å². The summed E-state index contributed by atoms with van der Waals surface area (Å²) in [7, 11) is 0. The molecule has 0 bridgehead atoms. The Morgan fingerprint density at radius 3 is 2.27 bits per heavy atom. The molecule has 2 nitrogen and oxygen atoms in total. The molecule has 0 amide bonds. The second-order valence-corrected chi connectivity index (χ2v) is 6.96. The monoisotopic (exact) mass is 342 g/mol. The van der Waals surface area contributed by atoms with E-state index in [1.807, 2.05) is 45.9 Å². The number of halogens is 2. The molecule has 2 rings (SSSR count). The maximum Gasteiger partial charge on any atom is 0.137 e. The molecule has 1 aliphatic carbocycles. The highest BCUT2D eigenvalue weighted by molar-refractivity contribution is 6.32. The zero-order chi connectivity index (χ0) is 17.1. The largest absolute Gasteiger partial charge is 0.506 e. The lowest BCUT2D eigenvalue weighted by Crippen LogP contribution is -2.31. The SMILES string of the molecule is CC1C(Cl)=CC=CC1(C)O.Cc1ccc(C(C)C)c(O)c1Cl. The molecule has 0 aromatic heterocycles. The number of hydrogen-bond acceptors (Lipinski definition) is 2. The molecule has 4 heteroatoms. The van der Waals surface area contributed by atoms with Gasteiger partial charge in [-0.1, -0.05) is 68.3 Å². The van der Waals surface area contributed by atoms with Crippen LogP contribution < -0.4 is 0 Å². The molecule has 0 saturated heterocycles. The number of phenolic OH excluding ortho intramolecular Hbond substituents is 1. The van der Waals surface area contributed by atoms with Gasteiger partial charge in [0.15, 0.2) is 0 Å². The highest BCUT2D eigenvalue weighted by Gasteiger charge is 2.29. The first kappa shape index (κ1) is 19.1. The molecule has 1 aliphatic rings. The lowest BCUT2D eigenvalue weighted by Gasteiger charge is -2.28. The van der Waals surface area contributed by atoms with Crippen molar-refractivity contribution in [3.8, 4) is 5.75 Å². The van der Waals surface area contributed by atoms with Gasteiger partial charge in [0.25, 0.3) is 0 Å². The summed E-state index contributed by atoms with van der Waals surface area (Å²) in [6.07, 6.45) is 5.34. The molecule has 2 atom stereocenters. The van der Waals surface area contributed by atoms with Gasteiger partial charge < -0.3 is 10.2 Å². The van der Waals surface area contributed by atoms with Crippen molar-refractivity contribution in [3.05, 3.63) is 51.5 Å². The fraction of sp³-hybridized carbons (Fsp3) is 0.444. The zero-order valence-electron chi connectivity index (χ0n) is 13.7. The quantitative estimate of drug-likeness (QED) is 0.702. The zero-order valence-corrected chi connectivity index (χ0v) is 15.2. The highest BCUT2D eigenvalue weighted by Crippen LogP contribution is 2.34. The number of rotatable bonds is 1. The van der Waals surface area contributed by atoms with Gasteiger partial charge >= 0.3 is 0 Å². The molecule has 0 spiro atoms. The Hall–Kier alpha value is -0.960. The first-order valence-corrected chi connectivity index (χ1v) is 8.08. The number of aromatic hydroxyl groups is 1. The van der Waals surface area contributed by atoms with Crippen molar-refractivity contribution in [3.63, 3.8) is 0 Å². The Labute approximate surface area is 143 Å².